The molecule has 0 spiro atoms. The summed E-state index contributed by atoms with van der Waals surface area (Å²) in [7, 11) is 1.66. The number of methoxy groups -OCH3 is 1. The highest BCUT2D eigenvalue weighted by Crippen LogP contribution is 2.20. The van der Waals surface area contributed by atoms with Crippen molar-refractivity contribution in [3.8, 4) is 11.5 Å². The first kappa shape index (κ1) is 24.9. The highest BCUT2D eigenvalue weighted by Gasteiger charge is 2.20. The first-order valence-electron chi connectivity index (χ1n) is 9.93. The molecule has 2 aromatic rings. The quantitative estimate of drug-likeness (QED) is 0.540. The first-order chi connectivity index (χ1) is 15.3. The average Bonchev–Trinajstić information content (AvgIpc) is 2.79. The van der Waals surface area contributed by atoms with Crippen LogP contribution in [0.3, 0.4) is 0 Å². The molecular weight excluding hydrogens is 423 g/mol. The van der Waals surface area contributed by atoms with Gasteiger partial charge in [0.15, 0.2) is 11.6 Å². The number of carboxylic acid groups (broad SMARTS) is 2. The van der Waals surface area contributed by atoms with Gasteiger partial charge in [-0.1, -0.05) is 12.1 Å². The Labute approximate surface area is 185 Å². The fourth-order valence-corrected chi connectivity index (χ4v) is 3.08. The number of hydrogen-bond donors (Lipinski definition) is 3. The van der Waals surface area contributed by atoms with Crippen LogP contribution in [0, 0.1) is 5.82 Å². The lowest BCUT2D eigenvalue weighted by Crippen LogP contribution is -2.49. The molecule has 32 heavy (non-hydrogen) atoms. The number of para-hydroxylation sites is 1. The van der Waals surface area contributed by atoms with Crippen molar-refractivity contribution < 1.29 is 38.8 Å². The van der Waals surface area contributed by atoms with Crippen LogP contribution < -0.4 is 14.4 Å². The van der Waals surface area contributed by atoms with E-state index >= 15 is 0 Å². The predicted molar refractivity (Wildman–Crippen MR) is 115 cm³/mol. The zero-order valence-electron chi connectivity index (χ0n) is 17.7. The molecular formula is C22H27FN2O7. The number of hydrogen-bond acceptors (Lipinski definition) is 7. The number of nitrogens with zero attached hydrogens (tertiary/aromatic N) is 2. The molecule has 1 heterocycles. The number of benzene rings is 2. The summed E-state index contributed by atoms with van der Waals surface area (Å²) < 4.78 is 24.1. The van der Waals surface area contributed by atoms with Gasteiger partial charge in [0.25, 0.3) is 0 Å². The van der Waals surface area contributed by atoms with Crippen LogP contribution in [0.15, 0.2) is 48.5 Å². The fraction of sp³-hybridized carbons (Fsp3) is 0.364. The van der Waals surface area contributed by atoms with Crippen LogP contribution in [0.2, 0.25) is 0 Å². The van der Waals surface area contributed by atoms with Gasteiger partial charge in [-0.3, -0.25) is 4.90 Å². The van der Waals surface area contributed by atoms with E-state index in [-0.39, 0.29) is 12.4 Å². The maximum atomic E-state index is 13.5. The van der Waals surface area contributed by atoms with E-state index in [9.17, 15) is 9.50 Å². The largest absolute Gasteiger partial charge is 0.497 e. The minimum Gasteiger partial charge on any atom is -0.497 e. The Morgan fingerprint density at radius 1 is 1.00 bits per heavy atom. The summed E-state index contributed by atoms with van der Waals surface area (Å²) in [6.07, 6.45) is -0.651. The molecule has 3 N–H and O–H groups in total. The number of carbonyl (C=O) groups is 2. The summed E-state index contributed by atoms with van der Waals surface area (Å²) in [5.41, 5.74) is 1.17. The Kier molecular flexibility index (Phi) is 9.71. The first-order valence-corrected chi connectivity index (χ1v) is 9.93. The van der Waals surface area contributed by atoms with Crippen molar-refractivity contribution in [2.75, 3.05) is 51.3 Å². The lowest BCUT2D eigenvalue weighted by molar-refractivity contribution is -0.159. The average molecular weight is 450 g/mol. The Hall–Kier alpha value is -3.37. The molecule has 0 bridgehead atoms. The zero-order chi connectivity index (χ0) is 23.5. The third-order valence-corrected chi connectivity index (χ3v) is 4.73. The number of aliphatic hydroxyl groups is 1. The molecule has 2 aromatic carbocycles. The molecule has 1 aliphatic heterocycles. The van der Waals surface area contributed by atoms with Crippen LogP contribution in [-0.2, 0) is 9.59 Å². The Balaban J connectivity index is 0.000000534. The van der Waals surface area contributed by atoms with Gasteiger partial charge in [0.1, 0.15) is 18.5 Å². The van der Waals surface area contributed by atoms with Crippen LogP contribution in [0.1, 0.15) is 0 Å². The topological polar surface area (TPSA) is 120 Å². The number of β-amino-alcohol motifs (C(OH)–C–C–N with tert-alkyl or cyclic N) is 1. The minimum atomic E-state index is -1.82. The number of anilines is 1. The van der Waals surface area contributed by atoms with Crippen LogP contribution in [0.4, 0.5) is 10.1 Å². The maximum absolute atomic E-state index is 13.5. The number of carboxylic acids is 2. The summed E-state index contributed by atoms with van der Waals surface area (Å²) in [6, 6.07) is 14.3. The molecule has 1 aliphatic rings. The van der Waals surface area contributed by atoms with Gasteiger partial charge in [0.2, 0.25) is 0 Å². The molecule has 3 rings (SSSR count). The van der Waals surface area contributed by atoms with Gasteiger partial charge >= 0.3 is 11.9 Å². The third kappa shape index (κ3) is 8.05. The Morgan fingerprint density at radius 3 is 2.12 bits per heavy atom. The molecule has 0 amide bonds. The molecule has 9 nitrogen and oxygen atoms in total. The lowest BCUT2D eigenvalue weighted by Gasteiger charge is -2.36. The number of aliphatic carboxylic acids is 2. The second-order valence-corrected chi connectivity index (χ2v) is 6.99. The number of piperazine rings is 1. The van der Waals surface area contributed by atoms with Crippen molar-refractivity contribution in [1.29, 1.82) is 0 Å². The standard InChI is InChI=1S/C20H25FN2O3.C2H2O4/c1-25-18-8-6-16(7-9-18)23-12-10-22(11-13-23)14-17(24)15-26-20-5-3-2-4-19(20)21;3-1(4)2(5)6/h2-9,17,24H,10-15H2,1H3;(H,3,4)(H,5,6). The fourth-order valence-electron chi connectivity index (χ4n) is 3.08. The smallest absolute Gasteiger partial charge is 0.414 e. The third-order valence-electron chi connectivity index (χ3n) is 4.73. The molecule has 1 atom stereocenters. The number of halogens is 1. The van der Waals surface area contributed by atoms with Gasteiger partial charge in [0.05, 0.1) is 7.11 Å². The minimum absolute atomic E-state index is 0.0830. The highest BCUT2D eigenvalue weighted by atomic mass is 19.1. The summed E-state index contributed by atoms with van der Waals surface area (Å²) in [6.45, 7) is 4.12. The van der Waals surface area contributed by atoms with Crippen molar-refractivity contribution in [2.24, 2.45) is 0 Å². The number of ether oxygens (including phenoxy) is 2. The van der Waals surface area contributed by atoms with Crippen molar-refractivity contribution >= 4 is 17.6 Å². The molecule has 0 aromatic heterocycles. The van der Waals surface area contributed by atoms with Crippen molar-refractivity contribution in [2.45, 2.75) is 6.10 Å². The number of rotatable bonds is 7. The van der Waals surface area contributed by atoms with Crippen LogP contribution >= 0.6 is 0 Å². The van der Waals surface area contributed by atoms with E-state index in [0.717, 1.165) is 31.9 Å². The van der Waals surface area contributed by atoms with Gasteiger partial charge in [-0.2, -0.15) is 0 Å². The molecule has 1 fully saturated rings. The molecule has 1 unspecified atom stereocenters. The Morgan fingerprint density at radius 2 is 1.59 bits per heavy atom. The monoisotopic (exact) mass is 450 g/mol. The molecule has 1 saturated heterocycles. The van der Waals surface area contributed by atoms with Crippen molar-refractivity contribution in [3.63, 3.8) is 0 Å². The predicted octanol–water partition coefficient (Wildman–Crippen LogP) is 1.55. The van der Waals surface area contributed by atoms with Gasteiger partial charge in [-0.05, 0) is 36.4 Å². The summed E-state index contributed by atoms with van der Waals surface area (Å²) in [4.78, 5) is 22.7. The molecule has 10 heteroatoms. The Bertz CT molecular complexity index is 859. The molecule has 0 radical (unpaired) electrons. The highest BCUT2D eigenvalue weighted by molar-refractivity contribution is 6.27. The second-order valence-electron chi connectivity index (χ2n) is 6.99. The van der Waals surface area contributed by atoms with Crippen LogP contribution in [0.5, 0.6) is 11.5 Å². The van der Waals surface area contributed by atoms with E-state index in [4.69, 9.17) is 29.3 Å². The van der Waals surface area contributed by atoms with Crippen LogP contribution in [-0.4, -0.2) is 84.7 Å². The van der Waals surface area contributed by atoms with E-state index < -0.39 is 23.9 Å². The van der Waals surface area contributed by atoms with E-state index in [2.05, 4.69) is 21.9 Å². The summed E-state index contributed by atoms with van der Waals surface area (Å²) >= 11 is 0. The molecule has 0 aliphatic carbocycles. The molecule has 0 saturated carbocycles. The molecule has 174 valence electrons. The zero-order valence-corrected chi connectivity index (χ0v) is 17.7. The second kappa shape index (κ2) is 12.5. The van der Waals surface area contributed by atoms with Crippen molar-refractivity contribution in [1.82, 2.24) is 4.90 Å². The van der Waals surface area contributed by atoms with Gasteiger partial charge in [-0.25, -0.2) is 14.0 Å². The van der Waals surface area contributed by atoms with Gasteiger partial charge in [0, 0.05) is 38.4 Å². The van der Waals surface area contributed by atoms with E-state index in [1.54, 1.807) is 25.3 Å². The van der Waals surface area contributed by atoms with Gasteiger partial charge < -0.3 is 29.7 Å². The number of aliphatic hydroxyl groups excluding tert-OH is 1. The van der Waals surface area contributed by atoms with E-state index in [1.165, 1.54) is 11.8 Å². The summed E-state index contributed by atoms with van der Waals surface area (Å²) in [5, 5.41) is 25.0. The maximum Gasteiger partial charge on any atom is 0.414 e. The van der Waals surface area contributed by atoms with Gasteiger partial charge in [-0.15, -0.1) is 0 Å². The van der Waals surface area contributed by atoms with Crippen LogP contribution in [0.25, 0.3) is 0 Å². The lowest BCUT2D eigenvalue weighted by atomic mass is 10.2. The SMILES string of the molecule is COc1ccc(N2CCN(CC(O)COc3ccccc3F)CC2)cc1.O=C(O)C(=O)O. The van der Waals surface area contributed by atoms with E-state index in [1.807, 2.05) is 12.1 Å². The van der Waals surface area contributed by atoms with E-state index in [0.29, 0.717) is 6.54 Å². The normalized spacial score (nSPS) is 14.7. The summed E-state index contributed by atoms with van der Waals surface area (Å²) in [5.74, 6) is -3.03. The van der Waals surface area contributed by atoms with Crippen molar-refractivity contribution in [3.05, 3.63) is 54.3 Å².